The second kappa shape index (κ2) is 7.39. The number of likely N-dealkylation sites (tertiary alicyclic amines) is 1. The summed E-state index contributed by atoms with van der Waals surface area (Å²) in [6.45, 7) is 8.58. The highest BCUT2D eigenvalue weighted by atomic mass is 16.5. The molecular weight excluding hydrogens is 322 g/mol. The Bertz CT molecular complexity index is 607. The number of amides is 1. The zero-order valence-electron chi connectivity index (χ0n) is 14.9. The molecule has 1 aromatic heterocycles. The van der Waals surface area contributed by atoms with E-state index in [1.807, 2.05) is 16.5 Å². The Kier molecular flexibility index (Phi) is 5.00. The molecule has 3 saturated heterocycles. The molecule has 0 aromatic carbocycles. The molecule has 2 atom stereocenters. The molecule has 4 heterocycles. The van der Waals surface area contributed by atoms with Crippen LogP contribution in [0.2, 0.25) is 0 Å². The second-order valence-electron chi connectivity index (χ2n) is 7.19. The van der Waals surface area contributed by atoms with Crippen molar-refractivity contribution in [3.63, 3.8) is 0 Å². The van der Waals surface area contributed by atoms with Gasteiger partial charge in [-0.1, -0.05) is 5.21 Å². The van der Waals surface area contributed by atoms with Gasteiger partial charge in [-0.2, -0.15) is 0 Å². The predicted octanol–water partition coefficient (Wildman–Crippen LogP) is 0.485. The molecule has 3 aliphatic rings. The second-order valence-corrected chi connectivity index (χ2v) is 7.19. The molecule has 138 valence electrons. The average Bonchev–Trinajstić information content (AvgIpc) is 3.36. The van der Waals surface area contributed by atoms with Gasteiger partial charge in [0, 0.05) is 38.8 Å². The molecule has 8 nitrogen and oxygen atoms in total. The molecule has 0 saturated carbocycles. The summed E-state index contributed by atoms with van der Waals surface area (Å²) in [7, 11) is 0. The highest BCUT2D eigenvalue weighted by Gasteiger charge is 2.34. The minimum atomic E-state index is 0.0263. The fraction of sp³-hybridized carbons (Fsp3) is 0.824. The number of nitrogens with zero attached hydrogens (tertiary/aromatic N) is 5. The van der Waals surface area contributed by atoms with Crippen LogP contribution in [0.25, 0.3) is 0 Å². The lowest BCUT2D eigenvalue weighted by Crippen LogP contribution is -2.46. The quantitative estimate of drug-likeness (QED) is 0.788. The van der Waals surface area contributed by atoms with Gasteiger partial charge in [-0.15, -0.1) is 5.10 Å². The van der Waals surface area contributed by atoms with E-state index in [9.17, 15) is 4.79 Å². The topological polar surface area (TPSA) is 72.7 Å². The van der Waals surface area contributed by atoms with Crippen LogP contribution in [0.4, 0.5) is 0 Å². The van der Waals surface area contributed by atoms with Gasteiger partial charge in [0.25, 0.3) is 5.91 Å². The maximum absolute atomic E-state index is 13.1. The van der Waals surface area contributed by atoms with Crippen LogP contribution in [0.3, 0.4) is 0 Å². The van der Waals surface area contributed by atoms with E-state index in [-0.39, 0.29) is 18.0 Å². The number of carbonyl (C=O) groups excluding carboxylic acids is 1. The van der Waals surface area contributed by atoms with Gasteiger partial charge in [-0.3, -0.25) is 9.69 Å². The molecule has 3 fully saturated rings. The summed E-state index contributed by atoms with van der Waals surface area (Å²) in [5, 5.41) is 8.46. The van der Waals surface area contributed by atoms with Gasteiger partial charge in [0.1, 0.15) is 0 Å². The summed E-state index contributed by atoms with van der Waals surface area (Å²) in [5.41, 5.74) is 1.36. The third-order valence-electron chi connectivity index (χ3n) is 5.59. The Morgan fingerprint density at radius 3 is 2.76 bits per heavy atom. The van der Waals surface area contributed by atoms with E-state index in [0.29, 0.717) is 12.3 Å². The molecule has 8 heteroatoms. The Morgan fingerprint density at radius 2 is 2.00 bits per heavy atom. The summed E-state index contributed by atoms with van der Waals surface area (Å²) in [6, 6.07) is 0.474. The van der Waals surface area contributed by atoms with Gasteiger partial charge in [0.15, 0.2) is 5.69 Å². The standard InChI is InChI=1S/C17H27N5O3/c1-13-16(18-19-22(13)15-4-8-25-12-15)17(23)21-5-2-3-14(21)11-20-6-9-24-10-7-20/h14-15H,2-12H2,1H3. The normalized spacial score (nSPS) is 28.0. The van der Waals surface area contributed by atoms with E-state index >= 15 is 0 Å². The molecule has 0 bridgehead atoms. The van der Waals surface area contributed by atoms with Crippen LogP contribution in [-0.4, -0.2) is 89.3 Å². The number of rotatable bonds is 4. The smallest absolute Gasteiger partial charge is 0.276 e. The van der Waals surface area contributed by atoms with E-state index in [2.05, 4.69) is 15.2 Å². The van der Waals surface area contributed by atoms with Crippen molar-refractivity contribution in [2.24, 2.45) is 0 Å². The molecule has 0 radical (unpaired) electrons. The van der Waals surface area contributed by atoms with Crippen LogP contribution in [0.1, 0.15) is 41.5 Å². The van der Waals surface area contributed by atoms with Crippen molar-refractivity contribution in [2.75, 3.05) is 52.6 Å². The van der Waals surface area contributed by atoms with Gasteiger partial charge in [0.05, 0.1) is 31.6 Å². The van der Waals surface area contributed by atoms with E-state index in [4.69, 9.17) is 9.47 Å². The van der Waals surface area contributed by atoms with Crippen LogP contribution in [0.15, 0.2) is 0 Å². The van der Waals surface area contributed by atoms with E-state index in [1.165, 1.54) is 0 Å². The lowest BCUT2D eigenvalue weighted by molar-refractivity contribution is 0.0260. The molecule has 4 rings (SSSR count). The lowest BCUT2D eigenvalue weighted by atomic mass is 10.2. The number of carbonyl (C=O) groups is 1. The van der Waals surface area contributed by atoms with Gasteiger partial charge in [0.2, 0.25) is 0 Å². The average molecular weight is 349 g/mol. The molecule has 1 amide bonds. The Balaban J connectivity index is 1.45. The third kappa shape index (κ3) is 3.43. The number of morpholine rings is 1. The summed E-state index contributed by atoms with van der Waals surface area (Å²) in [4.78, 5) is 17.5. The number of aromatic nitrogens is 3. The Labute approximate surface area is 148 Å². The Morgan fingerprint density at radius 1 is 1.16 bits per heavy atom. The van der Waals surface area contributed by atoms with Crippen LogP contribution >= 0.6 is 0 Å². The fourth-order valence-electron chi connectivity index (χ4n) is 4.11. The molecule has 0 N–H and O–H groups in total. The van der Waals surface area contributed by atoms with Gasteiger partial charge >= 0.3 is 0 Å². The predicted molar refractivity (Wildman–Crippen MR) is 90.5 cm³/mol. The van der Waals surface area contributed by atoms with Gasteiger partial charge in [-0.05, 0) is 26.2 Å². The largest absolute Gasteiger partial charge is 0.379 e. The third-order valence-corrected chi connectivity index (χ3v) is 5.59. The van der Waals surface area contributed by atoms with Crippen molar-refractivity contribution in [3.8, 4) is 0 Å². The van der Waals surface area contributed by atoms with Crippen LogP contribution in [0, 0.1) is 6.92 Å². The van der Waals surface area contributed by atoms with Crippen molar-refractivity contribution in [3.05, 3.63) is 11.4 Å². The Hall–Kier alpha value is -1.51. The molecule has 2 unspecified atom stereocenters. The monoisotopic (exact) mass is 349 g/mol. The molecule has 0 aliphatic carbocycles. The van der Waals surface area contributed by atoms with E-state index in [0.717, 1.165) is 71.0 Å². The van der Waals surface area contributed by atoms with Crippen molar-refractivity contribution < 1.29 is 14.3 Å². The van der Waals surface area contributed by atoms with Crippen LogP contribution < -0.4 is 0 Å². The number of hydrogen-bond donors (Lipinski definition) is 0. The molecule has 0 spiro atoms. The number of ether oxygens (including phenoxy) is 2. The summed E-state index contributed by atoms with van der Waals surface area (Å²) in [5.74, 6) is 0.0263. The molecular formula is C17H27N5O3. The van der Waals surface area contributed by atoms with Gasteiger partial charge in [-0.25, -0.2) is 4.68 Å². The first-order valence-electron chi connectivity index (χ1n) is 9.34. The first-order chi connectivity index (χ1) is 12.2. The van der Waals surface area contributed by atoms with Crippen molar-refractivity contribution in [1.29, 1.82) is 0 Å². The summed E-state index contributed by atoms with van der Waals surface area (Å²) in [6.07, 6.45) is 3.05. The van der Waals surface area contributed by atoms with Crippen LogP contribution in [0.5, 0.6) is 0 Å². The summed E-state index contributed by atoms with van der Waals surface area (Å²) < 4.78 is 12.7. The highest BCUT2D eigenvalue weighted by molar-refractivity contribution is 5.93. The molecule has 25 heavy (non-hydrogen) atoms. The van der Waals surface area contributed by atoms with Crippen molar-refractivity contribution in [2.45, 2.75) is 38.3 Å². The van der Waals surface area contributed by atoms with Gasteiger partial charge < -0.3 is 14.4 Å². The minimum Gasteiger partial charge on any atom is -0.379 e. The van der Waals surface area contributed by atoms with E-state index < -0.39 is 0 Å². The fourth-order valence-corrected chi connectivity index (χ4v) is 4.11. The first-order valence-corrected chi connectivity index (χ1v) is 9.34. The van der Waals surface area contributed by atoms with Crippen molar-refractivity contribution in [1.82, 2.24) is 24.8 Å². The minimum absolute atomic E-state index is 0.0263. The van der Waals surface area contributed by atoms with Crippen molar-refractivity contribution >= 4 is 5.91 Å². The zero-order chi connectivity index (χ0) is 17.2. The SMILES string of the molecule is Cc1c(C(=O)N2CCCC2CN2CCOCC2)nnn1C1CCOC1. The highest BCUT2D eigenvalue weighted by Crippen LogP contribution is 2.24. The zero-order valence-corrected chi connectivity index (χ0v) is 14.9. The maximum Gasteiger partial charge on any atom is 0.276 e. The molecule has 3 aliphatic heterocycles. The lowest BCUT2D eigenvalue weighted by Gasteiger charge is -2.32. The molecule has 1 aromatic rings. The van der Waals surface area contributed by atoms with Crippen LogP contribution in [-0.2, 0) is 9.47 Å². The van der Waals surface area contributed by atoms with E-state index in [1.54, 1.807) is 0 Å². The maximum atomic E-state index is 13.1. The summed E-state index contributed by atoms with van der Waals surface area (Å²) >= 11 is 0. The number of hydrogen-bond acceptors (Lipinski definition) is 6. The first kappa shape index (κ1) is 16.9.